The molecule has 1 aliphatic carbocycles. The second-order valence-corrected chi connectivity index (χ2v) is 15.2. The Morgan fingerprint density at radius 1 is 0.569 bits per heavy atom. The van der Waals surface area contributed by atoms with Gasteiger partial charge in [0.05, 0.1) is 22.2 Å². The van der Waals surface area contributed by atoms with Gasteiger partial charge in [0.2, 0.25) is 0 Å². The molecule has 11 rings (SSSR count). The van der Waals surface area contributed by atoms with Gasteiger partial charge in [-0.05, 0) is 59.2 Å². The first-order valence-corrected chi connectivity index (χ1v) is 18.3. The van der Waals surface area contributed by atoms with E-state index >= 15 is 0 Å². The average Bonchev–Trinajstić information content (AvgIpc) is 3.81. The summed E-state index contributed by atoms with van der Waals surface area (Å²) in [6.45, 7) is 4.81. The van der Waals surface area contributed by atoms with Crippen LogP contribution < -0.4 is 0 Å². The van der Waals surface area contributed by atoms with E-state index in [0.717, 1.165) is 39.2 Å². The quantitative estimate of drug-likeness (QED) is 0.187. The number of nitrogens with zero attached hydrogens (tertiary/aromatic N) is 3. The molecule has 0 spiro atoms. The van der Waals surface area contributed by atoms with E-state index in [-0.39, 0.29) is 5.41 Å². The van der Waals surface area contributed by atoms with Gasteiger partial charge < -0.3 is 4.57 Å². The molecule has 0 N–H and O–H groups in total. The summed E-state index contributed by atoms with van der Waals surface area (Å²) in [7, 11) is 0. The number of hydrogen-bond acceptors (Lipinski definition) is 3. The van der Waals surface area contributed by atoms with Crippen LogP contribution in [0.2, 0.25) is 0 Å². The number of benzene rings is 7. The highest BCUT2D eigenvalue weighted by atomic mass is 32.1. The molecule has 0 amide bonds. The van der Waals surface area contributed by atoms with Crippen LogP contribution in [0.25, 0.3) is 92.3 Å². The van der Waals surface area contributed by atoms with Gasteiger partial charge in [-0.15, -0.1) is 11.3 Å². The van der Waals surface area contributed by atoms with Crippen molar-refractivity contribution in [1.82, 2.24) is 14.5 Å². The molecule has 4 heteroatoms. The first-order chi connectivity index (χ1) is 25.1. The Labute approximate surface area is 299 Å². The molecule has 0 saturated carbocycles. The summed E-state index contributed by atoms with van der Waals surface area (Å²) in [5, 5.41) is 6.42. The molecule has 1 aliphatic rings. The van der Waals surface area contributed by atoms with Crippen molar-refractivity contribution in [3.63, 3.8) is 0 Å². The fraction of sp³-hybridized carbons (Fsp3) is 0.0638. The number of aromatic nitrogens is 3. The third-order valence-corrected chi connectivity index (χ3v) is 12.2. The smallest absolute Gasteiger partial charge is 0.160 e. The summed E-state index contributed by atoms with van der Waals surface area (Å²) < 4.78 is 5.21. The molecular formula is C47H31N3S. The van der Waals surface area contributed by atoms with E-state index in [9.17, 15) is 0 Å². The summed E-state index contributed by atoms with van der Waals surface area (Å²) in [4.78, 5) is 10.2. The first kappa shape index (κ1) is 28.7. The molecule has 0 radical (unpaired) electrons. The van der Waals surface area contributed by atoms with Crippen molar-refractivity contribution in [2.24, 2.45) is 0 Å². The van der Waals surface area contributed by atoms with Crippen LogP contribution in [0.3, 0.4) is 0 Å². The van der Waals surface area contributed by atoms with Crippen LogP contribution in [0.5, 0.6) is 0 Å². The van der Waals surface area contributed by atoms with E-state index in [1.54, 1.807) is 0 Å². The monoisotopic (exact) mass is 669 g/mol. The Bertz CT molecular complexity index is 3040. The van der Waals surface area contributed by atoms with E-state index in [2.05, 4.69) is 158 Å². The molecule has 0 bridgehead atoms. The topological polar surface area (TPSA) is 30.7 Å². The molecule has 0 fully saturated rings. The molecule has 0 saturated heterocycles. The van der Waals surface area contributed by atoms with Gasteiger partial charge in [0.25, 0.3) is 0 Å². The molecular weight excluding hydrogens is 639 g/mol. The number of fused-ring (bicyclic) bond motifs is 13. The molecule has 3 nitrogen and oxygen atoms in total. The van der Waals surface area contributed by atoms with Gasteiger partial charge in [-0.25, -0.2) is 9.97 Å². The van der Waals surface area contributed by atoms with Crippen LogP contribution in [0, 0.1) is 0 Å². The Balaban J connectivity index is 1.20. The highest BCUT2D eigenvalue weighted by Gasteiger charge is 2.40. The molecule has 51 heavy (non-hydrogen) atoms. The zero-order chi connectivity index (χ0) is 33.8. The Kier molecular flexibility index (Phi) is 5.89. The molecule has 7 aromatic carbocycles. The Hall–Kier alpha value is -6.10. The van der Waals surface area contributed by atoms with Crippen LogP contribution in [0.15, 0.2) is 152 Å². The van der Waals surface area contributed by atoms with E-state index in [0.29, 0.717) is 0 Å². The normalized spacial score (nSPS) is 13.5. The number of thiophene rings is 1. The lowest BCUT2D eigenvalue weighted by molar-refractivity contribution is 0.667. The number of rotatable bonds is 3. The van der Waals surface area contributed by atoms with Crippen molar-refractivity contribution in [1.29, 1.82) is 0 Å². The summed E-state index contributed by atoms with van der Waals surface area (Å²) in [5.41, 5.74) is 12.9. The van der Waals surface area contributed by atoms with Crippen molar-refractivity contribution in [2.75, 3.05) is 0 Å². The van der Waals surface area contributed by atoms with Crippen molar-refractivity contribution >= 4 is 64.2 Å². The fourth-order valence-electron chi connectivity index (χ4n) is 8.74. The summed E-state index contributed by atoms with van der Waals surface area (Å²) in [6, 6.07) is 54.5. The molecule has 3 aromatic heterocycles. The minimum Gasteiger partial charge on any atom is -0.309 e. The predicted octanol–water partition coefficient (Wildman–Crippen LogP) is 12.7. The van der Waals surface area contributed by atoms with Crippen LogP contribution in [-0.2, 0) is 5.41 Å². The van der Waals surface area contributed by atoms with Crippen LogP contribution >= 0.6 is 11.3 Å². The molecule has 0 atom stereocenters. The van der Waals surface area contributed by atoms with Gasteiger partial charge in [0.15, 0.2) is 5.82 Å². The van der Waals surface area contributed by atoms with Crippen LogP contribution in [0.1, 0.15) is 25.0 Å². The maximum absolute atomic E-state index is 5.16. The maximum Gasteiger partial charge on any atom is 0.160 e. The second kappa shape index (κ2) is 10.5. The lowest BCUT2D eigenvalue weighted by atomic mass is 9.80. The van der Waals surface area contributed by atoms with E-state index < -0.39 is 0 Å². The predicted molar refractivity (Wildman–Crippen MR) is 215 cm³/mol. The summed E-state index contributed by atoms with van der Waals surface area (Å²) in [5.74, 6) is 0.727. The summed E-state index contributed by atoms with van der Waals surface area (Å²) in [6.07, 6.45) is 0. The SMILES string of the molecule is CC1(C)c2ccccc2-c2c1c1c3ccccc3sc1c1c3ccccc3n(-c3ccc(-c4nc(-c5ccccc5)c5ccccc5n4)cc3)c21. The van der Waals surface area contributed by atoms with Gasteiger partial charge in [-0.2, -0.15) is 0 Å². The van der Waals surface area contributed by atoms with Gasteiger partial charge in [0, 0.05) is 64.1 Å². The van der Waals surface area contributed by atoms with Crippen molar-refractivity contribution < 1.29 is 0 Å². The third kappa shape index (κ3) is 3.94. The lowest BCUT2D eigenvalue weighted by Crippen LogP contribution is -2.15. The third-order valence-electron chi connectivity index (χ3n) is 11.0. The minimum atomic E-state index is -0.156. The number of para-hydroxylation sites is 2. The van der Waals surface area contributed by atoms with Crippen molar-refractivity contribution in [3.05, 3.63) is 163 Å². The molecule has 240 valence electrons. The largest absolute Gasteiger partial charge is 0.309 e. The standard InChI is InChI=1S/C47H31N3S/c1-47(2)35-20-10-6-16-31(35)39-42(47)40-34-19-9-13-23-38(34)51-45(40)41-33-18-8-12-22-37(33)50(44(39)41)30-26-24-29(25-27-30)46-48-36-21-11-7-17-32(36)43(49-46)28-14-4-3-5-15-28/h3-27H,1-2H3. The maximum atomic E-state index is 5.16. The molecule has 0 unspecified atom stereocenters. The van der Waals surface area contributed by atoms with E-state index in [1.165, 1.54) is 64.2 Å². The molecule has 3 heterocycles. The zero-order valence-electron chi connectivity index (χ0n) is 28.2. The van der Waals surface area contributed by atoms with Crippen molar-refractivity contribution in [2.45, 2.75) is 19.3 Å². The van der Waals surface area contributed by atoms with Crippen molar-refractivity contribution in [3.8, 4) is 39.5 Å². The zero-order valence-corrected chi connectivity index (χ0v) is 29.0. The van der Waals surface area contributed by atoms with Gasteiger partial charge in [-0.1, -0.05) is 123 Å². The number of hydrogen-bond donors (Lipinski definition) is 0. The molecule has 10 aromatic rings. The second-order valence-electron chi connectivity index (χ2n) is 14.1. The highest BCUT2D eigenvalue weighted by molar-refractivity contribution is 7.26. The minimum absolute atomic E-state index is 0.156. The summed E-state index contributed by atoms with van der Waals surface area (Å²) >= 11 is 1.93. The highest BCUT2D eigenvalue weighted by Crippen LogP contribution is 2.58. The lowest BCUT2D eigenvalue weighted by Gasteiger charge is -2.23. The molecule has 0 aliphatic heterocycles. The first-order valence-electron chi connectivity index (χ1n) is 17.5. The Morgan fingerprint density at radius 3 is 2.10 bits per heavy atom. The van der Waals surface area contributed by atoms with Gasteiger partial charge in [0.1, 0.15) is 0 Å². The van der Waals surface area contributed by atoms with Crippen LogP contribution in [0.4, 0.5) is 0 Å². The van der Waals surface area contributed by atoms with E-state index in [4.69, 9.17) is 9.97 Å². The van der Waals surface area contributed by atoms with Gasteiger partial charge >= 0.3 is 0 Å². The average molecular weight is 670 g/mol. The van der Waals surface area contributed by atoms with Crippen LogP contribution in [-0.4, -0.2) is 14.5 Å². The Morgan fingerprint density at radius 2 is 1.25 bits per heavy atom. The van der Waals surface area contributed by atoms with Gasteiger partial charge in [-0.3, -0.25) is 0 Å². The fourth-order valence-corrected chi connectivity index (χ4v) is 10.0. The van der Waals surface area contributed by atoms with E-state index in [1.807, 2.05) is 23.5 Å².